The number of hydrogen-bond donors (Lipinski definition) is 1. The van der Waals surface area contributed by atoms with Crippen LogP contribution in [0.3, 0.4) is 0 Å². The zero-order valence-corrected chi connectivity index (χ0v) is 13.1. The molecule has 23 heavy (non-hydrogen) atoms. The molecule has 1 N–H and O–H groups in total. The van der Waals surface area contributed by atoms with E-state index in [0.29, 0.717) is 22.6 Å². The maximum Gasteiger partial charge on any atom is 0.307 e. The molecule has 6 nitrogen and oxygen atoms in total. The van der Waals surface area contributed by atoms with Gasteiger partial charge in [0.05, 0.1) is 25.3 Å². The number of hydrogen-bond acceptors (Lipinski definition) is 5. The minimum absolute atomic E-state index is 0.0722. The largest absolute Gasteiger partial charge is 0.469 e. The van der Waals surface area contributed by atoms with Gasteiger partial charge >= 0.3 is 5.97 Å². The van der Waals surface area contributed by atoms with Crippen molar-refractivity contribution in [2.24, 2.45) is 0 Å². The molecular weight excluding hydrogens is 303 g/mol. The first-order valence-electron chi connectivity index (χ1n) is 6.98. The molecule has 0 unspecified atom stereocenters. The third-order valence-electron chi connectivity index (χ3n) is 3.44. The van der Waals surface area contributed by atoms with Crippen LogP contribution < -0.4 is 5.32 Å². The van der Waals surface area contributed by atoms with Gasteiger partial charge < -0.3 is 14.6 Å². The smallest absolute Gasteiger partial charge is 0.307 e. The Bertz CT molecular complexity index is 690. The van der Waals surface area contributed by atoms with Gasteiger partial charge in [0.1, 0.15) is 17.1 Å². The molecule has 7 heteroatoms. The second-order valence-electron chi connectivity index (χ2n) is 5.06. The summed E-state index contributed by atoms with van der Waals surface area (Å²) in [7, 11) is 1.26. The van der Waals surface area contributed by atoms with Crippen LogP contribution in [0.25, 0.3) is 0 Å². The summed E-state index contributed by atoms with van der Waals surface area (Å²) in [6.07, 6.45) is -0.0722. The van der Waals surface area contributed by atoms with E-state index >= 15 is 0 Å². The van der Waals surface area contributed by atoms with Gasteiger partial charge in [-0.2, -0.15) is 0 Å². The van der Waals surface area contributed by atoms with Gasteiger partial charge in [0.25, 0.3) is 5.91 Å². The van der Waals surface area contributed by atoms with Crippen LogP contribution in [0.2, 0.25) is 0 Å². The summed E-state index contributed by atoms with van der Waals surface area (Å²) in [5, 5.41) is 6.47. The molecule has 2 rings (SSSR count). The van der Waals surface area contributed by atoms with Crippen molar-refractivity contribution in [1.82, 2.24) is 10.5 Å². The first-order valence-corrected chi connectivity index (χ1v) is 6.98. The molecule has 0 spiro atoms. The van der Waals surface area contributed by atoms with E-state index in [-0.39, 0.29) is 6.42 Å². The van der Waals surface area contributed by atoms with E-state index in [4.69, 9.17) is 4.52 Å². The minimum atomic E-state index is -0.649. The van der Waals surface area contributed by atoms with E-state index in [1.807, 2.05) is 0 Å². The fourth-order valence-corrected chi connectivity index (χ4v) is 2.23. The van der Waals surface area contributed by atoms with Crippen molar-refractivity contribution in [2.75, 3.05) is 7.11 Å². The molecule has 0 aliphatic rings. The molecule has 0 radical (unpaired) electrons. The van der Waals surface area contributed by atoms with Crippen LogP contribution in [0.1, 0.15) is 39.8 Å². The van der Waals surface area contributed by atoms with Crippen LogP contribution >= 0.6 is 0 Å². The molecule has 122 valence electrons. The van der Waals surface area contributed by atoms with Gasteiger partial charge in [-0.25, -0.2) is 4.39 Å². The number of nitrogens with one attached hydrogen (secondary N) is 1. The van der Waals surface area contributed by atoms with Crippen molar-refractivity contribution in [3.63, 3.8) is 0 Å². The Morgan fingerprint density at radius 2 is 1.96 bits per heavy atom. The number of carbonyl (C=O) groups is 2. The highest BCUT2D eigenvalue weighted by Gasteiger charge is 2.23. The fourth-order valence-electron chi connectivity index (χ4n) is 2.23. The first kappa shape index (κ1) is 16.7. The molecule has 1 heterocycles. The molecule has 1 atom stereocenters. The van der Waals surface area contributed by atoms with Crippen molar-refractivity contribution >= 4 is 11.9 Å². The van der Waals surface area contributed by atoms with Crippen LogP contribution in [0.5, 0.6) is 0 Å². The van der Waals surface area contributed by atoms with Crippen LogP contribution in [0, 0.1) is 19.7 Å². The number of carbonyl (C=O) groups excluding carboxylic acids is 2. The second kappa shape index (κ2) is 7.04. The molecule has 0 fully saturated rings. The number of halogens is 1. The number of benzene rings is 1. The SMILES string of the molecule is COC(=O)C[C@H](NC(=O)c1c(C)noc1C)c1ccc(F)cc1. The average Bonchev–Trinajstić information content (AvgIpc) is 2.86. The molecule has 0 aliphatic heterocycles. The van der Waals surface area contributed by atoms with E-state index < -0.39 is 23.7 Å². The standard InChI is InChI=1S/C16H17FN2O4/c1-9-15(10(2)23-19-9)16(21)18-13(8-14(20)22-3)11-4-6-12(17)7-5-11/h4-7,13H,8H2,1-3H3,(H,18,21)/t13-/m0/s1. The lowest BCUT2D eigenvalue weighted by Gasteiger charge is -2.18. The number of esters is 1. The Hall–Kier alpha value is -2.70. The Morgan fingerprint density at radius 1 is 1.30 bits per heavy atom. The number of rotatable bonds is 5. The van der Waals surface area contributed by atoms with Crippen molar-refractivity contribution in [3.05, 3.63) is 52.7 Å². The quantitative estimate of drug-likeness (QED) is 0.856. The van der Waals surface area contributed by atoms with Crippen LogP contribution in [-0.4, -0.2) is 24.1 Å². The summed E-state index contributed by atoms with van der Waals surface area (Å²) in [6.45, 7) is 3.28. The molecule has 1 aromatic heterocycles. The first-order chi connectivity index (χ1) is 10.9. The summed E-state index contributed by atoms with van der Waals surface area (Å²) in [4.78, 5) is 24.0. The van der Waals surface area contributed by atoms with E-state index in [2.05, 4.69) is 15.2 Å². The Kier molecular flexibility index (Phi) is 5.10. The molecule has 0 bridgehead atoms. The lowest BCUT2D eigenvalue weighted by atomic mass is 10.0. The van der Waals surface area contributed by atoms with Gasteiger partial charge in [-0.15, -0.1) is 0 Å². The maximum atomic E-state index is 13.1. The number of aryl methyl sites for hydroxylation is 2. The zero-order valence-electron chi connectivity index (χ0n) is 13.1. The summed E-state index contributed by atoms with van der Waals surface area (Å²) in [6, 6.07) is 4.90. The summed E-state index contributed by atoms with van der Waals surface area (Å²) < 4.78 is 22.7. The van der Waals surface area contributed by atoms with Gasteiger partial charge in [-0.05, 0) is 31.5 Å². The predicted octanol–water partition coefficient (Wildman–Crippen LogP) is 2.46. The normalized spacial score (nSPS) is 11.8. The fraction of sp³-hybridized carbons (Fsp3) is 0.312. The zero-order chi connectivity index (χ0) is 17.0. The molecule has 0 aliphatic carbocycles. The topological polar surface area (TPSA) is 81.4 Å². The Balaban J connectivity index is 2.25. The van der Waals surface area contributed by atoms with Gasteiger partial charge in [-0.3, -0.25) is 9.59 Å². The Labute approximate surface area is 132 Å². The highest BCUT2D eigenvalue weighted by atomic mass is 19.1. The lowest BCUT2D eigenvalue weighted by molar-refractivity contribution is -0.141. The number of aromatic nitrogens is 1. The van der Waals surface area contributed by atoms with Crippen molar-refractivity contribution in [1.29, 1.82) is 0 Å². The third kappa shape index (κ3) is 3.94. The van der Waals surface area contributed by atoms with Crippen molar-refractivity contribution < 1.29 is 23.2 Å². The van der Waals surface area contributed by atoms with Crippen LogP contribution in [0.4, 0.5) is 4.39 Å². The van der Waals surface area contributed by atoms with E-state index in [9.17, 15) is 14.0 Å². The van der Waals surface area contributed by atoms with Gasteiger partial charge in [0.2, 0.25) is 0 Å². The highest BCUT2D eigenvalue weighted by molar-refractivity contribution is 5.96. The molecular formula is C16H17FN2O4. The van der Waals surface area contributed by atoms with Gasteiger partial charge in [-0.1, -0.05) is 17.3 Å². The summed E-state index contributed by atoms with van der Waals surface area (Å²) >= 11 is 0. The number of amides is 1. The third-order valence-corrected chi connectivity index (χ3v) is 3.44. The summed E-state index contributed by atoms with van der Waals surface area (Å²) in [5.41, 5.74) is 1.37. The monoisotopic (exact) mass is 320 g/mol. The predicted molar refractivity (Wildman–Crippen MR) is 79.2 cm³/mol. The lowest BCUT2D eigenvalue weighted by Crippen LogP contribution is -2.31. The summed E-state index contributed by atoms with van der Waals surface area (Å²) in [5.74, 6) is -0.920. The second-order valence-corrected chi connectivity index (χ2v) is 5.06. The van der Waals surface area contributed by atoms with Crippen molar-refractivity contribution in [2.45, 2.75) is 26.3 Å². The van der Waals surface area contributed by atoms with Crippen LogP contribution in [-0.2, 0) is 9.53 Å². The number of nitrogens with zero attached hydrogens (tertiary/aromatic N) is 1. The minimum Gasteiger partial charge on any atom is -0.469 e. The molecule has 1 amide bonds. The van der Waals surface area contributed by atoms with E-state index in [1.165, 1.54) is 31.4 Å². The molecule has 0 saturated heterocycles. The highest BCUT2D eigenvalue weighted by Crippen LogP contribution is 2.20. The maximum absolute atomic E-state index is 13.1. The van der Waals surface area contributed by atoms with Crippen LogP contribution in [0.15, 0.2) is 28.8 Å². The van der Waals surface area contributed by atoms with Crippen molar-refractivity contribution in [3.8, 4) is 0 Å². The van der Waals surface area contributed by atoms with E-state index in [0.717, 1.165) is 0 Å². The van der Waals surface area contributed by atoms with Gasteiger partial charge in [0, 0.05) is 0 Å². The van der Waals surface area contributed by atoms with E-state index in [1.54, 1.807) is 13.8 Å². The number of ether oxygens (including phenoxy) is 1. The van der Waals surface area contributed by atoms with Gasteiger partial charge in [0.15, 0.2) is 0 Å². The molecule has 0 saturated carbocycles. The average molecular weight is 320 g/mol. The number of methoxy groups -OCH3 is 1. The molecule has 1 aromatic carbocycles. The molecule has 2 aromatic rings. The Morgan fingerprint density at radius 3 is 2.48 bits per heavy atom.